The molecule has 43 heavy (non-hydrogen) atoms. The summed E-state index contributed by atoms with van der Waals surface area (Å²) in [5.74, 6) is -0.396. The highest BCUT2D eigenvalue weighted by atomic mass is 32.1. The average Bonchev–Trinajstić information content (AvgIpc) is 3.54. The number of benzene rings is 3. The number of anilines is 3. The maximum atomic E-state index is 13.8. The highest BCUT2D eigenvalue weighted by Gasteiger charge is 2.44. The molecule has 3 aromatic carbocycles. The van der Waals surface area contributed by atoms with Crippen molar-refractivity contribution in [2.75, 3.05) is 35.4 Å². The molecule has 0 saturated carbocycles. The van der Waals surface area contributed by atoms with Crippen LogP contribution < -0.4 is 19.9 Å². The maximum absolute atomic E-state index is 13.8. The van der Waals surface area contributed by atoms with Crippen molar-refractivity contribution in [1.29, 1.82) is 0 Å². The molecule has 3 aromatic rings. The Hall–Kier alpha value is -4.77. The summed E-state index contributed by atoms with van der Waals surface area (Å²) >= 11 is 5.80. The van der Waals surface area contributed by atoms with Crippen molar-refractivity contribution in [3.63, 3.8) is 0 Å². The van der Waals surface area contributed by atoms with E-state index >= 15 is 0 Å². The quantitative estimate of drug-likeness (QED) is 0.267. The Morgan fingerprint density at radius 2 is 1.63 bits per heavy atom. The molecule has 0 radical (unpaired) electrons. The molecule has 10 nitrogen and oxygen atoms in total. The lowest BCUT2D eigenvalue weighted by Crippen LogP contribution is -2.37. The highest BCUT2D eigenvalue weighted by molar-refractivity contribution is 7.80. The number of rotatable bonds is 10. The molecule has 2 aliphatic heterocycles. The van der Waals surface area contributed by atoms with Crippen molar-refractivity contribution in [3.05, 3.63) is 83.9 Å². The number of nitrogens with zero attached hydrogens (tertiary/aromatic N) is 3. The minimum atomic E-state index is -0.853. The van der Waals surface area contributed by atoms with Crippen LogP contribution in [-0.2, 0) is 25.7 Å². The molecule has 11 heteroatoms. The van der Waals surface area contributed by atoms with E-state index in [1.807, 2.05) is 24.3 Å². The fourth-order valence-corrected chi connectivity index (χ4v) is 5.56. The van der Waals surface area contributed by atoms with E-state index in [1.165, 1.54) is 4.90 Å². The molecular weight excluding hydrogens is 568 g/mol. The van der Waals surface area contributed by atoms with E-state index in [9.17, 15) is 19.2 Å². The van der Waals surface area contributed by atoms with Gasteiger partial charge in [0, 0.05) is 30.9 Å². The lowest BCUT2D eigenvalue weighted by Gasteiger charge is -2.24. The summed E-state index contributed by atoms with van der Waals surface area (Å²) in [5, 5.41) is 3.10. The van der Waals surface area contributed by atoms with Gasteiger partial charge in [-0.2, -0.15) is 0 Å². The highest BCUT2D eigenvalue weighted by Crippen LogP contribution is 2.31. The number of thiocarbonyl (C=S) groups is 1. The molecule has 1 atom stereocenters. The first kappa shape index (κ1) is 29.7. The summed E-state index contributed by atoms with van der Waals surface area (Å²) in [6.07, 6.45) is 1.24. The zero-order valence-corrected chi connectivity index (χ0v) is 24.8. The second-order valence-electron chi connectivity index (χ2n) is 10.2. The van der Waals surface area contributed by atoms with E-state index in [4.69, 9.17) is 21.7 Å². The van der Waals surface area contributed by atoms with Crippen molar-refractivity contribution in [1.82, 2.24) is 4.90 Å². The van der Waals surface area contributed by atoms with Crippen LogP contribution in [0.3, 0.4) is 0 Å². The first-order chi connectivity index (χ1) is 20.8. The zero-order valence-electron chi connectivity index (χ0n) is 23.9. The third-order valence-electron chi connectivity index (χ3n) is 7.38. The van der Waals surface area contributed by atoms with Crippen LogP contribution in [-0.4, -0.2) is 60.0 Å². The molecule has 2 heterocycles. The first-order valence-corrected chi connectivity index (χ1v) is 14.4. The predicted octanol–water partition coefficient (Wildman–Crippen LogP) is 4.53. The lowest BCUT2D eigenvalue weighted by molar-refractivity contribution is -0.124. The van der Waals surface area contributed by atoms with Crippen molar-refractivity contribution in [2.24, 2.45) is 0 Å². The number of ether oxygens (including phenoxy) is 2. The molecule has 0 aromatic heterocycles. The Kier molecular flexibility index (Phi) is 9.01. The smallest absolute Gasteiger partial charge is 0.338 e. The number of hydrogen-bond donors (Lipinski definition) is 1. The molecule has 0 spiro atoms. The maximum Gasteiger partial charge on any atom is 0.338 e. The molecule has 2 saturated heterocycles. The third kappa shape index (κ3) is 6.51. The molecule has 2 fully saturated rings. The van der Waals surface area contributed by atoms with E-state index in [0.717, 1.165) is 17.7 Å². The SMILES string of the molecule is CCOC(=O)c1ccc(NC(=O)C[C@@H]2C(=O)N(c3ccc(OC)cc3)C(=S)N2Cc2ccc(N3CCCC3=O)cc2)cc1. The van der Waals surface area contributed by atoms with Gasteiger partial charge in [0.15, 0.2) is 5.11 Å². The van der Waals surface area contributed by atoms with Gasteiger partial charge in [-0.1, -0.05) is 12.1 Å². The summed E-state index contributed by atoms with van der Waals surface area (Å²) in [4.78, 5) is 56.1. The van der Waals surface area contributed by atoms with Crippen LogP contribution in [0.4, 0.5) is 17.1 Å². The van der Waals surface area contributed by atoms with Gasteiger partial charge >= 0.3 is 5.97 Å². The van der Waals surface area contributed by atoms with E-state index in [2.05, 4.69) is 5.32 Å². The van der Waals surface area contributed by atoms with Crippen LogP contribution in [0.25, 0.3) is 0 Å². The van der Waals surface area contributed by atoms with Crippen LogP contribution in [0.5, 0.6) is 5.75 Å². The number of nitrogens with one attached hydrogen (secondary N) is 1. The summed E-state index contributed by atoms with van der Waals surface area (Å²) in [5.41, 5.74) is 3.13. The molecular formula is C32H32N4O6S. The molecule has 0 unspecified atom stereocenters. The Labute approximate surface area is 255 Å². The van der Waals surface area contributed by atoms with Gasteiger partial charge in [-0.25, -0.2) is 4.79 Å². The number of hydrogen-bond acceptors (Lipinski definition) is 7. The predicted molar refractivity (Wildman–Crippen MR) is 166 cm³/mol. The monoisotopic (exact) mass is 600 g/mol. The lowest BCUT2D eigenvalue weighted by atomic mass is 10.1. The molecule has 2 aliphatic rings. The first-order valence-electron chi connectivity index (χ1n) is 14.0. The van der Waals surface area contributed by atoms with Crippen molar-refractivity contribution in [3.8, 4) is 5.75 Å². The second-order valence-corrected chi connectivity index (χ2v) is 10.5. The van der Waals surface area contributed by atoms with E-state index < -0.39 is 12.0 Å². The van der Waals surface area contributed by atoms with Crippen LogP contribution in [0.1, 0.15) is 42.1 Å². The number of carbonyl (C=O) groups excluding carboxylic acids is 4. The number of amides is 3. The van der Waals surface area contributed by atoms with E-state index in [0.29, 0.717) is 35.7 Å². The Balaban J connectivity index is 1.35. The van der Waals surface area contributed by atoms with Gasteiger partial charge in [0.1, 0.15) is 11.8 Å². The Bertz CT molecular complexity index is 1520. The van der Waals surface area contributed by atoms with Gasteiger partial charge in [-0.05, 0) is 91.8 Å². The summed E-state index contributed by atoms with van der Waals surface area (Å²) < 4.78 is 10.3. The van der Waals surface area contributed by atoms with Crippen LogP contribution >= 0.6 is 12.2 Å². The average molecular weight is 601 g/mol. The standard InChI is InChI=1S/C32H32N4O6S/c1-3-42-31(40)22-8-10-23(11-9-22)33-28(37)19-27-30(39)36(25-14-16-26(41-2)17-15-25)32(43)35(27)20-21-6-12-24(13-7-21)34-18-4-5-29(34)38/h6-17,27H,3-5,18-20H2,1-2H3,(H,33,37)/t27-/m1/s1. The molecule has 0 bridgehead atoms. The fourth-order valence-electron chi connectivity index (χ4n) is 5.17. The summed E-state index contributed by atoms with van der Waals surface area (Å²) in [7, 11) is 1.56. The van der Waals surface area contributed by atoms with Crippen molar-refractivity contribution >= 4 is 58.1 Å². The van der Waals surface area contributed by atoms with E-state index in [1.54, 1.807) is 72.4 Å². The molecule has 5 rings (SSSR count). The minimum Gasteiger partial charge on any atom is -0.497 e. The molecule has 3 amide bonds. The molecule has 222 valence electrons. The van der Waals surface area contributed by atoms with Gasteiger partial charge in [0.25, 0.3) is 5.91 Å². The number of methoxy groups -OCH3 is 1. The van der Waals surface area contributed by atoms with Crippen LogP contribution in [0.2, 0.25) is 0 Å². The minimum absolute atomic E-state index is 0.107. The summed E-state index contributed by atoms with van der Waals surface area (Å²) in [6.45, 7) is 2.98. The van der Waals surface area contributed by atoms with Crippen molar-refractivity contribution in [2.45, 2.75) is 38.8 Å². The molecule has 1 N–H and O–H groups in total. The number of esters is 1. The third-order valence-corrected chi connectivity index (χ3v) is 7.80. The normalized spacial score (nSPS) is 16.6. The second kappa shape index (κ2) is 13.0. The summed E-state index contributed by atoms with van der Waals surface area (Å²) in [6, 6.07) is 20.1. The van der Waals surface area contributed by atoms with Gasteiger partial charge < -0.3 is 24.6 Å². The van der Waals surface area contributed by atoms with Crippen LogP contribution in [0, 0.1) is 0 Å². The van der Waals surface area contributed by atoms with Crippen molar-refractivity contribution < 1.29 is 28.7 Å². The largest absolute Gasteiger partial charge is 0.497 e. The Morgan fingerprint density at radius 1 is 0.953 bits per heavy atom. The van der Waals surface area contributed by atoms with Gasteiger partial charge in [-0.3, -0.25) is 19.3 Å². The van der Waals surface area contributed by atoms with E-state index in [-0.39, 0.29) is 42.4 Å². The number of carbonyl (C=O) groups is 4. The van der Waals surface area contributed by atoms with Gasteiger partial charge in [-0.15, -0.1) is 0 Å². The Morgan fingerprint density at radius 3 is 2.23 bits per heavy atom. The van der Waals surface area contributed by atoms with Gasteiger partial charge in [0.2, 0.25) is 11.8 Å². The fraction of sp³-hybridized carbons (Fsp3) is 0.281. The van der Waals surface area contributed by atoms with Gasteiger partial charge in [0.05, 0.1) is 31.4 Å². The van der Waals surface area contributed by atoms with Crippen LogP contribution in [0.15, 0.2) is 72.8 Å². The molecule has 0 aliphatic carbocycles. The topological polar surface area (TPSA) is 108 Å². The zero-order chi connectivity index (χ0) is 30.5.